The van der Waals surface area contributed by atoms with E-state index >= 15 is 0 Å². The Morgan fingerprint density at radius 2 is 1.89 bits per heavy atom. The summed E-state index contributed by atoms with van der Waals surface area (Å²) in [5.41, 5.74) is 1.13. The Hall–Kier alpha value is -1.01. The van der Waals surface area contributed by atoms with Gasteiger partial charge in [0.25, 0.3) is 0 Å². The fourth-order valence-electron chi connectivity index (χ4n) is 1.53. The van der Waals surface area contributed by atoms with Crippen LogP contribution in [-0.2, 0) is 5.41 Å². The summed E-state index contributed by atoms with van der Waals surface area (Å²) >= 11 is 3.33. The molecule has 0 spiro atoms. The highest BCUT2D eigenvalue weighted by atomic mass is 32.1. The molecule has 0 fully saturated rings. The van der Waals surface area contributed by atoms with E-state index in [1.165, 1.54) is 0 Å². The van der Waals surface area contributed by atoms with Gasteiger partial charge in [-0.1, -0.05) is 39.0 Å². The number of aryl methyl sites for hydroxylation is 1. The van der Waals surface area contributed by atoms with Crippen molar-refractivity contribution in [2.75, 3.05) is 11.9 Å². The molecular formula is C13H20N4S2. The maximum atomic E-state index is 4.67. The van der Waals surface area contributed by atoms with Crippen LogP contribution in [0.4, 0.5) is 5.13 Å². The molecule has 2 heterocycles. The average Bonchev–Trinajstić information content (AvgIpc) is 2.91. The van der Waals surface area contributed by atoms with E-state index < -0.39 is 0 Å². The first-order chi connectivity index (χ1) is 8.91. The third-order valence-corrected chi connectivity index (χ3v) is 5.20. The molecule has 0 unspecified atom stereocenters. The maximum absolute atomic E-state index is 4.67. The zero-order valence-electron chi connectivity index (χ0n) is 12.1. The molecule has 2 rings (SSSR count). The SMILES string of the molecule is CCCNc1nnc(-c2sc(C(C)(C)C)nc2C)s1. The van der Waals surface area contributed by atoms with Gasteiger partial charge in [0.1, 0.15) is 0 Å². The third kappa shape index (κ3) is 3.30. The molecule has 104 valence electrons. The van der Waals surface area contributed by atoms with Crippen LogP contribution in [0.15, 0.2) is 0 Å². The molecule has 6 heteroatoms. The monoisotopic (exact) mass is 296 g/mol. The first kappa shape index (κ1) is 14.4. The molecule has 1 N–H and O–H groups in total. The van der Waals surface area contributed by atoms with Crippen molar-refractivity contribution in [3.05, 3.63) is 10.7 Å². The van der Waals surface area contributed by atoms with Gasteiger partial charge < -0.3 is 5.32 Å². The summed E-state index contributed by atoms with van der Waals surface area (Å²) in [7, 11) is 0. The minimum absolute atomic E-state index is 0.0850. The van der Waals surface area contributed by atoms with Crippen molar-refractivity contribution >= 4 is 27.8 Å². The van der Waals surface area contributed by atoms with Gasteiger partial charge in [0, 0.05) is 12.0 Å². The number of thiazole rings is 1. The van der Waals surface area contributed by atoms with Gasteiger partial charge in [-0.3, -0.25) is 0 Å². The Labute approximate surface area is 122 Å². The summed E-state index contributed by atoms with van der Waals surface area (Å²) in [5.74, 6) is 0. The van der Waals surface area contributed by atoms with Crippen LogP contribution in [0.1, 0.15) is 44.8 Å². The van der Waals surface area contributed by atoms with E-state index in [1.807, 2.05) is 6.92 Å². The smallest absolute Gasteiger partial charge is 0.206 e. The van der Waals surface area contributed by atoms with Crippen LogP contribution < -0.4 is 5.32 Å². The number of anilines is 1. The first-order valence-electron chi connectivity index (χ1n) is 6.47. The van der Waals surface area contributed by atoms with Crippen molar-refractivity contribution in [3.8, 4) is 9.88 Å². The molecule has 19 heavy (non-hydrogen) atoms. The van der Waals surface area contributed by atoms with Crippen LogP contribution in [0.25, 0.3) is 9.88 Å². The zero-order valence-corrected chi connectivity index (χ0v) is 13.7. The second-order valence-electron chi connectivity index (χ2n) is 5.52. The van der Waals surface area contributed by atoms with Crippen molar-refractivity contribution in [1.82, 2.24) is 15.2 Å². The molecule has 0 aliphatic carbocycles. The molecule has 0 aliphatic heterocycles. The highest BCUT2D eigenvalue weighted by Gasteiger charge is 2.22. The molecular weight excluding hydrogens is 276 g/mol. The van der Waals surface area contributed by atoms with Crippen LogP contribution in [0, 0.1) is 6.92 Å². The lowest BCUT2D eigenvalue weighted by molar-refractivity contribution is 0.584. The predicted octanol–water partition coefficient (Wildman–Crippen LogP) is 4.09. The van der Waals surface area contributed by atoms with E-state index in [2.05, 4.69) is 48.2 Å². The highest BCUT2D eigenvalue weighted by Crippen LogP contribution is 2.37. The van der Waals surface area contributed by atoms with Crippen molar-refractivity contribution in [2.24, 2.45) is 0 Å². The van der Waals surface area contributed by atoms with E-state index in [1.54, 1.807) is 22.7 Å². The van der Waals surface area contributed by atoms with Crippen LogP contribution >= 0.6 is 22.7 Å². The summed E-state index contributed by atoms with van der Waals surface area (Å²) in [4.78, 5) is 5.81. The van der Waals surface area contributed by atoms with E-state index in [0.717, 1.165) is 38.7 Å². The van der Waals surface area contributed by atoms with Crippen LogP contribution in [-0.4, -0.2) is 21.7 Å². The summed E-state index contributed by atoms with van der Waals surface area (Å²) in [6, 6.07) is 0. The van der Waals surface area contributed by atoms with E-state index in [0.29, 0.717) is 0 Å². The number of nitrogens with zero attached hydrogens (tertiary/aromatic N) is 3. The van der Waals surface area contributed by atoms with Crippen molar-refractivity contribution in [3.63, 3.8) is 0 Å². The highest BCUT2D eigenvalue weighted by molar-refractivity contribution is 7.23. The second kappa shape index (κ2) is 5.54. The Morgan fingerprint density at radius 1 is 1.16 bits per heavy atom. The Kier molecular flexibility index (Phi) is 4.20. The average molecular weight is 296 g/mol. The summed E-state index contributed by atoms with van der Waals surface area (Å²) in [6.45, 7) is 11.7. The lowest BCUT2D eigenvalue weighted by Crippen LogP contribution is -2.10. The minimum atomic E-state index is 0.0850. The van der Waals surface area contributed by atoms with Gasteiger partial charge in [-0.05, 0) is 13.3 Å². The number of hydrogen-bond acceptors (Lipinski definition) is 6. The van der Waals surface area contributed by atoms with Gasteiger partial charge in [0.05, 0.1) is 15.6 Å². The molecule has 0 aliphatic rings. The first-order valence-corrected chi connectivity index (χ1v) is 8.10. The van der Waals surface area contributed by atoms with E-state index in [-0.39, 0.29) is 5.41 Å². The molecule has 0 amide bonds. The van der Waals surface area contributed by atoms with Crippen LogP contribution in [0.3, 0.4) is 0 Å². The minimum Gasteiger partial charge on any atom is -0.360 e. The summed E-state index contributed by atoms with van der Waals surface area (Å²) in [5, 5.41) is 14.7. The van der Waals surface area contributed by atoms with Gasteiger partial charge in [-0.25, -0.2) is 4.98 Å². The number of nitrogens with one attached hydrogen (secondary N) is 1. The number of aromatic nitrogens is 3. The molecule has 2 aromatic heterocycles. The fraction of sp³-hybridized carbons (Fsp3) is 0.615. The topological polar surface area (TPSA) is 50.7 Å². The number of hydrogen-bond donors (Lipinski definition) is 1. The molecule has 0 atom stereocenters. The van der Waals surface area contributed by atoms with Gasteiger partial charge in [0.15, 0.2) is 5.01 Å². The molecule has 0 radical (unpaired) electrons. The summed E-state index contributed by atoms with van der Waals surface area (Å²) < 4.78 is 0. The number of rotatable bonds is 4. The predicted molar refractivity (Wildman–Crippen MR) is 83.2 cm³/mol. The van der Waals surface area contributed by atoms with Crippen molar-refractivity contribution in [2.45, 2.75) is 46.5 Å². The fourth-order valence-corrected chi connectivity index (χ4v) is 3.55. The van der Waals surface area contributed by atoms with Crippen molar-refractivity contribution < 1.29 is 0 Å². The maximum Gasteiger partial charge on any atom is 0.206 e. The molecule has 0 bridgehead atoms. The molecule has 0 aromatic carbocycles. The van der Waals surface area contributed by atoms with Gasteiger partial charge in [-0.2, -0.15) is 0 Å². The molecule has 0 saturated carbocycles. The lowest BCUT2D eigenvalue weighted by Gasteiger charge is -2.13. The normalized spacial score (nSPS) is 11.8. The Morgan fingerprint density at radius 3 is 2.47 bits per heavy atom. The third-order valence-electron chi connectivity index (χ3n) is 2.58. The van der Waals surface area contributed by atoms with Gasteiger partial charge >= 0.3 is 0 Å². The quantitative estimate of drug-likeness (QED) is 0.923. The lowest BCUT2D eigenvalue weighted by atomic mass is 9.98. The van der Waals surface area contributed by atoms with Crippen molar-refractivity contribution in [1.29, 1.82) is 0 Å². The standard InChI is InChI=1S/C13H20N4S2/c1-6-7-14-12-17-16-10(19-12)9-8(2)15-11(18-9)13(3,4)5/h6-7H2,1-5H3,(H,14,17). The van der Waals surface area contributed by atoms with E-state index in [9.17, 15) is 0 Å². The summed E-state index contributed by atoms with van der Waals surface area (Å²) in [6.07, 6.45) is 1.09. The van der Waals surface area contributed by atoms with Gasteiger partial charge in [0.2, 0.25) is 5.13 Å². The largest absolute Gasteiger partial charge is 0.360 e. The van der Waals surface area contributed by atoms with E-state index in [4.69, 9.17) is 0 Å². The zero-order chi connectivity index (χ0) is 14.0. The van der Waals surface area contributed by atoms with Gasteiger partial charge in [-0.15, -0.1) is 21.5 Å². The second-order valence-corrected chi connectivity index (χ2v) is 7.50. The Bertz CT molecular complexity index is 551. The molecule has 0 saturated heterocycles. The molecule has 2 aromatic rings. The van der Waals surface area contributed by atoms with Crippen LogP contribution in [0.2, 0.25) is 0 Å². The Balaban J connectivity index is 2.26. The van der Waals surface area contributed by atoms with Crippen LogP contribution in [0.5, 0.6) is 0 Å². The molecule has 4 nitrogen and oxygen atoms in total.